The van der Waals surface area contributed by atoms with Crippen molar-refractivity contribution in [2.75, 3.05) is 25.0 Å². The van der Waals surface area contributed by atoms with Crippen molar-refractivity contribution < 1.29 is 4.79 Å². The van der Waals surface area contributed by atoms with E-state index < -0.39 is 0 Å². The van der Waals surface area contributed by atoms with E-state index in [-0.39, 0.29) is 0 Å². The van der Waals surface area contributed by atoms with Crippen LogP contribution in [0.3, 0.4) is 0 Å². The molecule has 0 fully saturated rings. The zero-order valence-electron chi connectivity index (χ0n) is 13.6. The number of rotatable bonds is 5. The number of carbonyl (C=O) groups excluding carboxylic acids is 1. The molecule has 0 amide bonds. The number of nitrogens with one attached hydrogen (secondary N) is 1. The molecule has 0 saturated carbocycles. The van der Waals surface area contributed by atoms with Gasteiger partial charge in [-0.15, -0.1) is 0 Å². The number of carbonyl (C=O) groups is 1. The number of hydrogen-bond acceptors (Lipinski definition) is 3. The van der Waals surface area contributed by atoms with E-state index >= 15 is 0 Å². The van der Waals surface area contributed by atoms with Crippen LogP contribution in [0.5, 0.6) is 0 Å². The van der Waals surface area contributed by atoms with E-state index in [1.54, 1.807) is 0 Å². The first-order valence-electron chi connectivity index (χ1n) is 7.15. The predicted octanol–water partition coefficient (Wildman–Crippen LogP) is 3.69. The highest BCUT2D eigenvalue weighted by Crippen LogP contribution is 2.16. The summed E-state index contributed by atoms with van der Waals surface area (Å²) in [5.41, 5.74) is 3.04. The van der Waals surface area contributed by atoms with Crippen molar-refractivity contribution in [2.24, 2.45) is 0 Å². The number of benzene rings is 1. The summed E-state index contributed by atoms with van der Waals surface area (Å²) in [5.74, 6) is 0. The maximum Gasteiger partial charge on any atom is 0.145 e. The molecule has 0 bridgehead atoms. The number of aldehydes is 1. The lowest BCUT2D eigenvalue weighted by Gasteiger charge is -2.20. The van der Waals surface area contributed by atoms with Gasteiger partial charge in [-0.1, -0.05) is 24.4 Å². The van der Waals surface area contributed by atoms with E-state index in [2.05, 4.69) is 48.4 Å². The first kappa shape index (κ1) is 19.3. The third kappa shape index (κ3) is 8.25. The van der Waals surface area contributed by atoms with Crippen LogP contribution in [0.1, 0.15) is 33.3 Å². The molecule has 0 aliphatic carbocycles. The van der Waals surface area contributed by atoms with Gasteiger partial charge in [-0.2, -0.15) is 0 Å². The first-order chi connectivity index (χ1) is 9.98. The standard InChI is InChI=1S/C14H19NO.C3H7NS/c1-4-15(5-2)14-8-6-13(7-9-14)10-12(3)11-16;1-3(5)4-2/h6-11H,4-5H2,1-3H3;1-2H3,(H,4,5)/b12-10+;. The molecule has 1 aromatic rings. The number of allylic oxidation sites excluding steroid dienone is 1. The Labute approximate surface area is 134 Å². The summed E-state index contributed by atoms with van der Waals surface area (Å²) in [5, 5.41) is 2.76. The molecule has 1 N–H and O–H groups in total. The monoisotopic (exact) mass is 306 g/mol. The molecule has 0 aliphatic rings. The van der Waals surface area contributed by atoms with Gasteiger partial charge in [-0.25, -0.2) is 0 Å². The maximum absolute atomic E-state index is 10.5. The van der Waals surface area contributed by atoms with Crippen LogP contribution < -0.4 is 10.2 Å². The van der Waals surface area contributed by atoms with E-state index in [4.69, 9.17) is 0 Å². The van der Waals surface area contributed by atoms with Crippen LogP contribution in [0, 0.1) is 0 Å². The first-order valence-corrected chi connectivity index (χ1v) is 7.56. The molecule has 0 aromatic heterocycles. The average Bonchev–Trinajstić information content (AvgIpc) is 2.50. The van der Waals surface area contributed by atoms with Gasteiger partial charge in [0.1, 0.15) is 6.29 Å². The molecule has 1 rings (SSSR count). The zero-order valence-corrected chi connectivity index (χ0v) is 14.5. The molecule has 116 valence electrons. The van der Waals surface area contributed by atoms with Gasteiger partial charge in [0.2, 0.25) is 0 Å². The van der Waals surface area contributed by atoms with Crippen LogP contribution in [0.15, 0.2) is 29.8 Å². The van der Waals surface area contributed by atoms with Gasteiger partial charge >= 0.3 is 0 Å². The van der Waals surface area contributed by atoms with Crippen molar-refractivity contribution in [1.82, 2.24) is 5.32 Å². The van der Waals surface area contributed by atoms with Crippen LogP contribution in [0.2, 0.25) is 0 Å². The number of hydrogen-bond donors (Lipinski definition) is 1. The second-order valence-corrected chi connectivity index (χ2v) is 5.19. The number of nitrogens with zero attached hydrogens (tertiary/aromatic N) is 1. The summed E-state index contributed by atoms with van der Waals surface area (Å²) in [6, 6.07) is 8.27. The SMILES string of the molecule is CCN(CC)c1ccc(/C=C(\C)C=O)cc1.CNC(C)=S. The molecule has 0 spiro atoms. The summed E-state index contributed by atoms with van der Waals surface area (Å²) < 4.78 is 0. The third-order valence-electron chi connectivity index (χ3n) is 2.95. The van der Waals surface area contributed by atoms with E-state index in [0.29, 0.717) is 0 Å². The van der Waals surface area contributed by atoms with Gasteiger partial charge < -0.3 is 10.2 Å². The minimum atomic E-state index is 0.746. The van der Waals surface area contributed by atoms with Crippen LogP contribution in [-0.2, 0) is 4.79 Å². The van der Waals surface area contributed by atoms with Crippen LogP contribution in [-0.4, -0.2) is 31.4 Å². The third-order valence-corrected chi connectivity index (χ3v) is 3.16. The highest BCUT2D eigenvalue weighted by Gasteiger charge is 2.00. The molecule has 0 aliphatic heterocycles. The lowest BCUT2D eigenvalue weighted by atomic mass is 10.1. The molecular weight excluding hydrogens is 280 g/mol. The molecule has 4 heteroatoms. The van der Waals surface area contributed by atoms with Crippen LogP contribution in [0.4, 0.5) is 5.69 Å². The molecule has 0 unspecified atom stereocenters. The zero-order chi connectivity index (χ0) is 16.3. The minimum Gasteiger partial charge on any atom is -0.383 e. The van der Waals surface area contributed by atoms with Crippen molar-refractivity contribution in [3.05, 3.63) is 35.4 Å². The summed E-state index contributed by atoms with van der Waals surface area (Å²) in [6.07, 6.45) is 2.76. The summed E-state index contributed by atoms with van der Waals surface area (Å²) in [6.45, 7) is 9.97. The molecule has 0 atom stereocenters. The summed E-state index contributed by atoms with van der Waals surface area (Å²) >= 11 is 4.59. The van der Waals surface area contributed by atoms with Gasteiger partial charge in [-0.05, 0) is 57.0 Å². The van der Waals surface area contributed by atoms with Crippen molar-refractivity contribution in [3.8, 4) is 0 Å². The van der Waals surface area contributed by atoms with E-state index in [1.165, 1.54) is 5.69 Å². The second kappa shape index (κ2) is 11.0. The minimum absolute atomic E-state index is 0.746. The Morgan fingerprint density at radius 1 is 1.19 bits per heavy atom. The van der Waals surface area contributed by atoms with Crippen molar-refractivity contribution in [1.29, 1.82) is 0 Å². The van der Waals surface area contributed by atoms with Crippen molar-refractivity contribution in [3.63, 3.8) is 0 Å². The molecule has 21 heavy (non-hydrogen) atoms. The Morgan fingerprint density at radius 2 is 1.67 bits per heavy atom. The highest BCUT2D eigenvalue weighted by atomic mass is 32.1. The molecular formula is C17H26N2OS. The fraction of sp³-hybridized carbons (Fsp3) is 0.412. The average molecular weight is 306 g/mol. The topological polar surface area (TPSA) is 32.3 Å². The maximum atomic E-state index is 10.5. The molecule has 0 saturated heterocycles. The molecule has 3 nitrogen and oxygen atoms in total. The van der Waals surface area contributed by atoms with E-state index in [0.717, 1.165) is 35.5 Å². The largest absolute Gasteiger partial charge is 0.383 e. The van der Waals surface area contributed by atoms with Gasteiger partial charge in [-0.3, -0.25) is 4.79 Å². The summed E-state index contributed by atoms with van der Waals surface area (Å²) in [7, 11) is 1.81. The van der Waals surface area contributed by atoms with Crippen molar-refractivity contribution >= 4 is 35.3 Å². The Bertz CT molecular complexity index is 462. The quantitative estimate of drug-likeness (QED) is 0.511. The molecule has 1 aromatic carbocycles. The highest BCUT2D eigenvalue weighted by molar-refractivity contribution is 7.80. The summed E-state index contributed by atoms with van der Waals surface area (Å²) in [4.78, 5) is 13.6. The van der Waals surface area contributed by atoms with E-state index in [9.17, 15) is 4.79 Å². The van der Waals surface area contributed by atoms with Gasteiger partial charge in [0.25, 0.3) is 0 Å². The number of thiocarbonyl (C=S) groups is 1. The predicted molar refractivity (Wildman–Crippen MR) is 97.0 cm³/mol. The molecule has 0 heterocycles. The number of anilines is 1. The van der Waals surface area contributed by atoms with Gasteiger partial charge in [0.15, 0.2) is 0 Å². The Balaban J connectivity index is 0.000000690. The van der Waals surface area contributed by atoms with E-state index in [1.807, 2.05) is 39.1 Å². The Hall–Kier alpha value is -1.68. The molecule has 0 radical (unpaired) electrons. The van der Waals surface area contributed by atoms with Crippen LogP contribution in [0.25, 0.3) is 6.08 Å². The Kier molecular flexibility index (Phi) is 10.1. The van der Waals surface area contributed by atoms with Crippen LogP contribution >= 0.6 is 12.2 Å². The fourth-order valence-corrected chi connectivity index (χ4v) is 1.67. The van der Waals surface area contributed by atoms with Gasteiger partial charge in [0, 0.05) is 25.8 Å². The lowest BCUT2D eigenvalue weighted by molar-refractivity contribution is -0.104. The lowest BCUT2D eigenvalue weighted by Crippen LogP contribution is -2.21. The normalized spacial score (nSPS) is 10.2. The Morgan fingerprint density at radius 3 is 2.00 bits per heavy atom. The smallest absolute Gasteiger partial charge is 0.145 e. The second-order valence-electron chi connectivity index (χ2n) is 4.58. The van der Waals surface area contributed by atoms with Crippen molar-refractivity contribution in [2.45, 2.75) is 27.7 Å². The fourth-order valence-electron chi connectivity index (χ4n) is 1.67. The van der Waals surface area contributed by atoms with Gasteiger partial charge in [0.05, 0.1) is 4.99 Å².